The molecule has 4 rings (SSSR count). The van der Waals surface area contributed by atoms with E-state index >= 15 is 0 Å². The van der Waals surface area contributed by atoms with Gasteiger partial charge in [0.05, 0.1) is 17.4 Å². The molecule has 2 aromatic carbocycles. The molecule has 0 aromatic heterocycles. The van der Waals surface area contributed by atoms with E-state index < -0.39 is 0 Å². The second-order valence-corrected chi connectivity index (χ2v) is 6.91. The molecule has 0 saturated heterocycles. The van der Waals surface area contributed by atoms with Crippen molar-refractivity contribution in [1.29, 1.82) is 0 Å². The van der Waals surface area contributed by atoms with E-state index in [4.69, 9.17) is 4.99 Å². The van der Waals surface area contributed by atoms with Crippen LogP contribution in [0.4, 0.5) is 11.4 Å². The summed E-state index contributed by atoms with van der Waals surface area (Å²) in [6.07, 6.45) is 6.40. The predicted octanol–water partition coefficient (Wildman–Crippen LogP) is 5.30. The first-order valence-corrected chi connectivity index (χ1v) is 9.07. The van der Waals surface area contributed by atoms with Crippen molar-refractivity contribution >= 4 is 17.2 Å². The molecule has 2 aliphatic rings. The van der Waals surface area contributed by atoms with E-state index in [9.17, 15) is 0 Å². The van der Waals surface area contributed by atoms with Crippen LogP contribution in [0, 0.1) is 6.92 Å². The fourth-order valence-electron chi connectivity index (χ4n) is 3.80. The summed E-state index contributed by atoms with van der Waals surface area (Å²) in [7, 11) is 0. The average molecular weight is 319 g/mol. The third-order valence-electron chi connectivity index (χ3n) is 5.16. The fraction of sp³-hybridized carbons (Fsp3) is 0.381. The Morgan fingerprint density at radius 3 is 2.38 bits per heavy atom. The number of hydrogen-bond donors (Lipinski definition) is 2. The van der Waals surface area contributed by atoms with Crippen molar-refractivity contribution in [3.8, 4) is 0 Å². The summed E-state index contributed by atoms with van der Waals surface area (Å²) in [5.41, 5.74) is 4.87. The third-order valence-corrected chi connectivity index (χ3v) is 5.16. The van der Waals surface area contributed by atoms with Crippen LogP contribution in [-0.4, -0.2) is 11.9 Å². The number of rotatable bonds is 2. The molecule has 1 fully saturated rings. The zero-order chi connectivity index (χ0) is 16.4. The molecule has 24 heavy (non-hydrogen) atoms. The summed E-state index contributed by atoms with van der Waals surface area (Å²) >= 11 is 0. The van der Waals surface area contributed by atoms with Gasteiger partial charge in [-0.2, -0.15) is 0 Å². The van der Waals surface area contributed by atoms with E-state index in [-0.39, 0.29) is 6.04 Å². The first-order valence-electron chi connectivity index (χ1n) is 9.07. The zero-order valence-electron chi connectivity index (χ0n) is 14.3. The number of aliphatic imine (C=N–C) groups is 1. The van der Waals surface area contributed by atoms with Gasteiger partial charge >= 0.3 is 0 Å². The summed E-state index contributed by atoms with van der Waals surface area (Å²) in [6.45, 7) is 2.18. The molecule has 3 heteroatoms. The van der Waals surface area contributed by atoms with Gasteiger partial charge in [-0.3, -0.25) is 4.99 Å². The lowest BCUT2D eigenvalue weighted by Gasteiger charge is -2.32. The highest BCUT2D eigenvalue weighted by Gasteiger charge is 2.27. The lowest BCUT2D eigenvalue weighted by molar-refractivity contribution is 0.442. The molecule has 0 bridgehead atoms. The third kappa shape index (κ3) is 3.03. The highest BCUT2D eigenvalue weighted by molar-refractivity contribution is 6.07. The van der Waals surface area contributed by atoms with E-state index in [1.807, 2.05) is 0 Å². The highest BCUT2D eigenvalue weighted by Crippen LogP contribution is 2.34. The van der Waals surface area contributed by atoms with E-state index in [1.165, 1.54) is 43.2 Å². The van der Waals surface area contributed by atoms with E-state index in [1.54, 1.807) is 0 Å². The quantitative estimate of drug-likeness (QED) is 0.787. The molecule has 1 aliphatic carbocycles. The smallest absolute Gasteiger partial charge is 0.129 e. The molecule has 1 unspecified atom stereocenters. The Balaban J connectivity index is 1.73. The van der Waals surface area contributed by atoms with Gasteiger partial charge in [-0.05, 0) is 43.0 Å². The molecule has 2 aromatic rings. The van der Waals surface area contributed by atoms with Crippen molar-refractivity contribution < 1.29 is 0 Å². The SMILES string of the molecule is Cc1ccccc1C1Nc2ccccc2NC1=NC1CCCCC1. The van der Waals surface area contributed by atoms with Gasteiger partial charge in [0.2, 0.25) is 0 Å². The van der Waals surface area contributed by atoms with Gasteiger partial charge in [0.1, 0.15) is 11.9 Å². The molecule has 1 aliphatic heterocycles. The first kappa shape index (κ1) is 15.3. The van der Waals surface area contributed by atoms with Gasteiger partial charge in [-0.15, -0.1) is 0 Å². The van der Waals surface area contributed by atoms with Crippen LogP contribution >= 0.6 is 0 Å². The van der Waals surface area contributed by atoms with E-state index in [0.29, 0.717) is 6.04 Å². The second-order valence-electron chi connectivity index (χ2n) is 6.91. The number of anilines is 2. The molecular weight excluding hydrogens is 294 g/mol. The van der Waals surface area contributed by atoms with E-state index in [2.05, 4.69) is 66.1 Å². The summed E-state index contributed by atoms with van der Waals surface area (Å²) in [5.74, 6) is 1.06. The first-order chi connectivity index (χ1) is 11.8. The predicted molar refractivity (Wildman–Crippen MR) is 102 cm³/mol. The van der Waals surface area contributed by atoms with E-state index in [0.717, 1.165) is 17.2 Å². The Hall–Kier alpha value is -2.29. The normalized spacial score (nSPS) is 22.5. The molecule has 0 amide bonds. The second kappa shape index (κ2) is 6.68. The lowest BCUT2D eigenvalue weighted by Crippen LogP contribution is -2.34. The number of benzene rings is 2. The number of para-hydroxylation sites is 2. The number of nitrogens with one attached hydrogen (secondary N) is 2. The molecular formula is C21H25N3. The van der Waals surface area contributed by atoms with Gasteiger partial charge in [0, 0.05) is 0 Å². The highest BCUT2D eigenvalue weighted by atomic mass is 15.1. The van der Waals surface area contributed by atoms with Gasteiger partial charge in [0.15, 0.2) is 0 Å². The van der Waals surface area contributed by atoms with Gasteiger partial charge in [-0.1, -0.05) is 55.7 Å². The molecule has 3 nitrogen and oxygen atoms in total. The van der Waals surface area contributed by atoms with Crippen molar-refractivity contribution in [2.45, 2.75) is 51.1 Å². The zero-order valence-corrected chi connectivity index (χ0v) is 14.3. The van der Waals surface area contributed by atoms with Crippen LogP contribution in [-0.2, 0) is 0 Å². The topological polar surface area (TPSA) is 36.4 Å². The van der Waals surface area contributed by atoms with Crippen molar-refractivity contribution in [3.05, 3.63) is 59.7 Å². The maximum atomic E-state index is 5.14. The van der Waals surface area contributed by atoms with Crippen LogP contribution < -0.4 is 10.6 Å². The molecule has 1 saturated carbocycles. The number of aryl methyl sites for hydroxylation is 1. The minimum absolute atomic E-state index is 0.100. The van der Waals surface area contributed by atoms with Crippen LogP contribution in [0.15, 0.2) is 53.5 Å². The maximum Gasteiger partial charge on any atom is 0.129 e. The summed E-state index contributed by atoms with van der Waals surface area (Å²) in [6, 6.07) is 17.5. The Bertz CT molecular complexity index is 744. The maximum absolute atomic E-state index is 5.14. The standard InChI is InChI=1S/C21H25N3/c1-15-9-5-6-12-17(15)20-21(22-16-10-3-2-4-11-16)24-19-14-8-7-13-18(19)23-20/h5-9,12-14,16,20,23H,2-4,10-11H2,1H3,(H,22,24). The van der Waals surface area contributed by atoms with Crippen LogP contribution in [0.3, 0.4) is 0 Å². The summed E-state index contributed by atoms with van der Waals surface area (Å²) in [5, 5.41) is 7.31. The Morgan fingerprint density at radius 2 is 1.58 bits per heavy atom. The summed E-state index contributed by atoms with van der Waals surface area (Å²) < 4.78 is 0. The van der Waals surface area contributed by atoms with Crippen molar-refractivity contribution in [3.63, 3.8) is 0 Å². The van der Waals surface area contributed by atoms with Gasteiger partial charge in [0.25, 0.3) is 0 Å². The molecule has 124 valence electrons. The fourth-order valence-corrected chi connectivity index (χ4v) is 3.80. The average Bonchev–Trinajstić information content (AvgIpc) is 2.63. The van der Waals surface area contributed by atoms with Gasteiger partial charge < -0.3 is 10.6 Å². The molecule has 0 spiro atoms. The minimum atomic E-state index is 0.100. The lowest BCUT2D eigenvalue weighted by atomic mass is 9.94. The Morgan fingerprint density at radius 1 is 0.875 bits per heavy atom. The van der Waals surface area contributed by atoms with Crippen LogP contribution in [0.5, 0.6) is 0 Å². The largest absolute Gasteiger partial charge is 0.370 e. The molecule has 1 heterocycles. The van der Waals surface area contributed by atoms with Crippen LogP contribution in [0.25, 0.3) is 0 Å². The number of nitrogens with zero attached hydrogens (tertiary/aromatic N) is 1. The van der Waals surface area contributed by atoms with Crippen molar-refractivity contribution in [2.24, 2.45) is 4.99 Å². The monoisotopic (exact) mass is 319 g/mol. The Labute approximate surface area is 144 Å². The van der Waals surface area contributed by atoms with Crippen molar-refractivity contribution in [2.75, 3.05) is 10.6 Å². The number of fused-ring (bicyclic) bond motifs is 1. The van der Waals surface area contributed by atoms with Crippen molar-refractivity contribution in [1.82, 2.24) is 0 Å². The van der Waals surface area contributed by atoms with Crippen LogP contribution in [0.2, 0.25) is 0 Å². The minimum Gasteiger partial charge on any atom is -0.370 e. The van der Waals surface area contributed by atoms with Gasteiger partial charge in [-0.25, -0.2) is 0 Å². The number of amidine groups is 1. The number of hydrogen-bond acceptors (Lipinski definition) is 2. The van der Waals surface area contributed by atoms with Crippen LogP contribution in [0.1, 0.15) is 49.3 Å². The molecule has 1 atom stereocenters. The molecule has 2 N–H and O–H groups in total. The summed E-state index contributed by atoms with van der Waals surface area (Å²) in [4.78, 5) is 5.14. The Kier molecular flexibility index (Phi) is 4.24. The molecule has 0 radical (unpaired) electrons.